The molecule has 1 spiro atoms. The van der Waals surface area contributed by atoms with Gasteiger partial charge < -0.3 is 9.84 Å². The number of carboxylic acid groups (broad SMARTS) is 1. The predicted molar refractivity (Wildman–Crippen MR) is 68.2 cm³/mol. The van der Waals surface area contributed by atoms with Crippen molar-refractivity contribution in [2.75, 3.05) is 6.61 Å². The highest BCUT2D eigenvalue weighted by Gasteiger charge is 2.55. The molecule has 3 nitrogen and oxygen atoms in total. The Morgan fingerprint density at radius 1 is 1.44 bits per heavy atom. The second-order valence-corrected chi connectivity index (χ2v) is 6.60. The van der Waals surface area contributed by atoms with Crippen LogP contribution in [0.3, 0.4) is 0 Å². The third-order valence-electron chi connectivity index (χ3n) is 5.49. The summed E-state index contributed by atoms with van der Waals surface area (Å²) in [4.78, 5) is 11.3. The first-order chi connectivity index (χ1) is 8.52. The molecule has 0 aromatic heterocycles. The van der Waals surface area contributed by atoms with Crippen molar-refractivity contribution < 1.29 is 14.6 Å². The Morgan fingerprint density at radius 3 is 2.89 bits per heavy atom. The third-order valence-corrected chi connectivity index (χ3v) is 5.49. The first-order valence-electron chi connectivity index (χ1n) is 7.01. The lowest BCUT2D eigenvalue weighted by Gasteiger charge is -2.45. The largest absolute Gasteiger partial charge is 0.481 e. The van der Waals surface area contributed by atoms with Crippen LogP contribution in [-0.2, 0) is 9.53 Å². The van der Waals surface area contributed by atoms with E-state index in [1.165, 1.54) is 18.4 Å². The zero-order valence-electron chi connectivity index (χ0n) is 11.2. The molecule has 1 heterocycles. The van der Waals surface area contributed by atoms with Gasteiger partial charge in [0.25, 0.3) is 0 Å². The van der Waals surface area contributed by atoms with Crippen LogP contribution in [0.5, 0.6) is 0 Å². The molecule has 3 rings (SSSR count). The minimum Gasteiger partial charge on any atom is -0.481 e. The molecule has 0 aromatic carbocycles. The normalized spacial score (nSPS) is 42.6. The summed E-state index contributed by atoms with van der Waals surface area (Å²) in [6, 6.07) is 0. The number of hydrogen-bond donors (Lipinski definition) is 1. The van der Waals surface area contributed by atoms with E-state index in [9.17, 15) is 9.90 Å². The van der Waals surface area contributed by atoms with Crippen molar-refractivity contribution in [1.82, 2.24) is 0 Å². The van der Waals surface area contributed by atoms with E-state index in [0.29, 0.717) is 11.3 Å². The summed E-state index contributed by atoms with van der Waals surface area (Å²) < 4.78 is 5.81. The van der Waals surface area contributed by atoms with Crippen LogP contribution < -0.4 is 0 Å². The van der Waals surface area contributed by atoms with Gasteiger partial charge in [0.2, 0.25) is 0 Å². The van der Waals surface area contributed by atoms with Crippen LogP contribution in [0.4, 0.5) is 0 Å². The second-order valence-electron chi connectivity index (χ2n) is 6.60. The minimum absolute atomic E-state index is 0.0213. The highest BCUT2D eigenvalue weighted by molar-refractivity contribution is 5.71. The molecule has 0 aromatic rings. The molecule has 3 heteroatoms. The number of hydrogen-bond acceptors (Lipinski definition) is 2. The maximum Gasteiger partial charge on any atom is 0.309 e. The van der Waals surface area contributed by atoms with Gasteiger partial charge in [-0.05, 0) is 57.3 Å². The van der Waals surface area contributed by atoms with Crippen LogP contribution in [0, 0.1) is 17.3 Å². The average molecular weight is 250 g/mol. The second kappa shape index (κ2) is 4.09. The third kappa shape index (κ3) is 1.71. The molecule has 1 saturated heterocycles. The van der Waals surface area contributed by atoms with Gasteiger partial charge in [0, 0.05) is 0 Å². The van der Waals surface area contributed by atoms with Crippen LogP contribution in [0.1, 0.15) is 46.0 Å². The van der Waals surface area contributed by atoms with Gasteiger partial charge in [0.15, 0.2) is 0 Å². The molecule has 0 amide bonds. The monoisotopic (exact) mass is 250 g/mol. The van der Waals surface area contributed by atoms with Crippen molar-refractivity contribution in [3.8, 4) is 0 Å². The number of carboxylic acids is 1. The molecule has 2 bridgehead atoms. The van der Waals surface area contributed by atoms with Crippen molar-refractivity contribution in [3.63, 3.8) is 0 Å². The van der Waals surface area contributed by atoms with E-state index in [4.69, 9.17) is 4.74 Å². The van der Waals surface area contributed by atoms with Crippen LogP contribution in [0.15, 0.2) is 11.1 Å². The molecule has 2 saturated carbocycles. The standard InChI is InChI=1S/C15H22O3/c1-9(2)10-3-4-15-7-13(18-8-15)12(14(16)17)6-11(15)5-10/h11-13H,3-8H2,1-2H3,(H,16,17). The smallest absolute Gasteiger partial charge is 0.309 e. The van der Waals surface area contributed by atoms with E-state index < -0.39 is 5.97 Å². The van der Waals surface area contributed by atoms with E-state index in [2.05, 4.69) is 13.8 Å². The van der Waals surface area contributed by atoms with Crippen LogP contribution >= 0.6 is 0 Å². The van der Waals surface area contributed by atoms with Gasteiger partial charge in [-0.2, -0.15) is 0 Å². The van der Waals surface area contributed by atoms with E-state index in [1.54, 1.807) is 5.57 Å². The molecular weight excluding hydrogens is 228 g/mol. The van der Waals surface area contributed by atoms with E-state index in [-0.39, 0.29) is 12.0 Å². The van der Waals surface area contributed by atoms with Crippen molar-refractivity contribution >= 4 is 5.97 Å². The number of fused-ring (bicyclic) bond motifs is 1. The van der Waals surface area contributed by atoms with Gasteiger partial charge in [0.05, 0.1) is 18.6 Å². The van der Waals surface area contributed by atoms with Crippen molar-refractivity contribution in [2.24, 2.45) is 17.3 Å². The zero-order valence-corrected chi connectivity index (χ0v) is 11.2. The fraction of sp³-hybridized carbons (Fsp3) is 0.800. The van der Waals surface area contributed by atoms with Gasteiger partial charge in [-0.3, -0.25) is 4.79 Å². The Bertz CT molecular complexity index is 408. The van der Waals surface area contributed by atoms with Crippen molar-refractivity contribution in [3.05, 3.63) is 11.1 Å². The SMILES string of the molecule is CC(C)=C1CCC23COC(C2)C(C(=O)O)CC3C1. The molecular formula is C15H22O3. The van der Waals surface area contributed by atoms with Crippen molar-refractivity contribution in [2.45, 2.75) is 52.1 Å². The maximum atomic E-state index is 11.3. The van der Waals surface area contributed by atoms with E-state index in [0.717, 1.165) is 25.9 Å². The topological polar surface area (TPSA) is 46.5 Å². The predicted octanol–water partition coefficient (Wildman–Crippen LogP) is 3.00. The summed E-state index contributed by atoms with van der Waals surface area (Å²) in [5, 5.41) is 9.33. The number of rotatable bonds is 1. The molecule has 4 atom stereocenters. The van der Waals surface area contributed by atoms with Gasteiger partial charge in [-0.25, -0.2) is 0 Å². The highest BCUT2D eigenvalue weighted by Crippen LogP contribution is 2.57. The van der Waals surface area contributed by atoms with Crippen LogP contribution in [-0.4, -0.2) is 23.8 Å². The molecule has 3 aliphatic rings. The molecule has 0 radical (unpaired) electrons. The Morgan fingerprint density at radius 2 is 2.22 bits per heavy atom. The Kier molecular flexibility index (Phi) is 2.77. The highest BCUT2D eigenvalue weighted by atomic mass is 16.5. The first-order valence-corrected chi connectivity index (χ1v) is 7.01. The van der Waals surface area contributed by atoms with Crippen molar-refractivity contribution in [1.29, 1.82) is 0 Å². The zero-order chi connectivity index (χ0) is 12.9. The fourth-order valence-electron chi connectivity index (χ4n) is 4.23. The molecule has 100 valence electrons. The number of carbonyl (C=O) groups is 1. The number of allylic oxidation sites excluding steroid dienone is 2. The number of aliphatic carboxylic acids is 1. The van der Waals surface area contributed by atoms with Gasteiger partial charge in [0.1, 0.15) is 0 Å². The molecule has 1 aliphatic heterocycles. The Hall–Kier alpha value is -0.830. The number of ether oxygens (including phenoxy) is 1. The van der Waals surface area contributed by atoms with Gasteiger partial charge in [-0.15, -0.1) is 0 Å². The molecule has 3 fully saturated rings. The molecule has 1 N–H and O–H groups in total. The maximum absolute atomic E-state index is 11.3. The lowest BCUT2D eigenvalue weighted by atomic mass is 9.57. The lowest BCUT2D eigenvalue weighted by Crippen LogP contribution is -2.43. The summed E-state index contributed by atoms with van der Waals surface area (Å²) in [6.07, 6.45) is 5.25. The lowest BCUT2D eigenvalue weighted by molar-refractivity contribution is -0.147. The molecule has 4 unspecified atom stereocenters. The minimum atomic E-state index is -0.667. The van der Waals surface area contributed by atoms with Crippen LogP contribution in [0.25, 0.3) is 0 Å². The summed E-state index contributed by atoms with van der Waals surface area (Å²) in [7, 11) is 0. The van der Waals surface area contributed by atoms with E-state index in [1.807, 2.05) is 0 Å². The Balaban J connectivity index is 1.87. The fourth-order valence-corrected chi connectivity index (χ4v) is 4.23. The summed E-state index contributed by atoms with van der Waals surface area (Å²) in [5.74, 6) is -0.419. The summed E-state index contributed by atoms with van der Waals surface area (Å²) in [6.45, 7) is 5.15. The summed E-state index contributed by atoms with van der Waals surface area (Å²) in [5.41, 5.74) is 3.29. The quantitative estimate of drug-likeness (QED) is 0.728. The van der Waals surface area contributed by atoms with E-state index >= 15 is 0 Å². The summed E-state index contributed by atoms with van der Waals surface area (Å²) >= 11 is 0. The Labute approximate surface area is 108 Å². The van der Waals surface area contributed by atoms with Gasteiger partial charge >= 0.3 is 5.97 Å². The van der Waals surface area contributed by atoms with Gasteiger partial charge in [-0.1, -0.05) is 11.1 Å². The molecule has 2 aliphatic carbocycles. The average Bonchev–Trinajstić information content (AvgIpc) is 2.66. The first kappa shape index (κ1) is 12.2. The molecule has 18 heavy (non-hydrogen) atoms. The van der Waals surface area contributed by atoms with Crippen LogP contribution in [0.2, 0.25) is 0 Å².